The first kappa shape index (κ1) is 46.0. The third kappa shape index (κ3) is 9.23. The minimum Gasteiger partial charge on any atom is -0.315 e. The largest absolute Gasteiger partial charge is 0.315 e. The number of rotatable bonds is 12. The monoisotopic (exact) mass is 917 g/mol. The van der Waals surface area contributed by atoms with Gasteiger partial charge in [-0.05, 0) is 226 Å². The van der Waals surface area contributed by atoms with Crippen LogP contribution in [0.1, 0.15) is 151 Å². The van der Waals surface area contributed by atoms with Crippen molar-refractivity contribution < 1.29 is 0 Å². The number of hydrogen-bond donors (Lipinski definition) is 0. The molecule has 1 saturated carbocycles. The topological polar surface area (TPSA) is 6.48 Å². The van der Waals surface area contributed by atoms with Crippen LogP contribution >= 0.6 is 0 Å². The number of nitrogens with zero attached hydrogens (tertiary/aromatic N) is 2. The Morgan fingerprint density at radius 3 is 1.46 bits per heavy atom. The summed E-state index contributed by atoms with van der Waals surface area (Å²) in [7, 11) is 0. The van der Waals surface area contributed by atoms with Crippen molar-refractivity contribution in [3.63, 3.8) is 0 Å². The Balaban J connectivity index is 0.899. The number of allylic oxidation sites excluding steroid dienone is 11. The number of fused-ring (bicyclic) bond motifs is 6. The number of hydrogen-bond acceptors (Lipinski definition) is 2. The predicted octanol–water partition coefficient (Wildman–Crippen LogP) is 17.7. The maximum atomic E-state index is 2.55. The van der Waals surface area contributed by atoms with Crippen LogP contribution in [0.5, 0.6) is 0 Å². The molecule has 1 atom stereocenters. The van der Waals surface area contributed by atoms with Crippen LogP contribution in [0, 0.1) is 11.8 Å². The molecule has 354 valence electrons. The number of anilines is 3. The van der Waals surface area contributed by atoms with Crippen LogP contribution in [0.25, 0.3) is 44.8 Å². The molecular formula is C68H72N2. The molecule has 0 saturated heterocycles. The zero-order valence-electron chi connectivity index (χ0n) is 42.5. The van der Waals surface area contributed by atoms with Gasteiger partial charge in [-0.25, -0.2) is 0 Å². The Morgan fingerprint density at radius 2 is 1.00 bits per heavy atom. The maximum absolute atomic E-state index is 2.55. The molecular weight excluding hydrogens is 845 g/mol. The van der Waals surface area contributed by atoms with Crippen molar-refractivity contribution in [2.75, 3.05) is 9.80 Å². The van der Waals surface area contributed by atoms with Crippen molar-refractivity contribution in [1.82, 2.24) is 0 Å². The highest BCUT2D eigenvalue weighted by Gasteiger charge is 2.26. The summed E-state index contributed by atoms with van der Waals surface area (Å²) < 4.78 is 0. The summed E-state index contributed by atoms with van der Waals surface area (Å²) in [5.41, 5.74) is 17.4. The second-order valence-corrected chi connectivity index (χ2v) is 21.5. The minimum atomic E-state index is 0.507. The summed E-state index contributed by atoms with van der Waals surface area (Å²) in [6.07, 6.45) is 37.5. The van der Waals surface area contributed by atoms with E-state index < -0.39 is 0 Å². The standard InChI is InChI=1S/C68H72N2/c1-6-48-16-30-57(31-17-48)69(58-32-18-49(19-33-58)46(2)3)61-38-24-53(25-39-61)55-28-42-65-66-43-29-56(45-68(66)64-15-11-10-14-63(64)67(65)44-55)54-26-40-62(41-27-54)70(59-34-20-50(21-35-59)47(4)5)60-36-22-52(23-37-60)51-12-8-7-9-13-51/h14-22,24,26,28-38,40,42-47,51-52H,6-13,23,25,27,39,41H2,1-5H3. The molecule has 70 heavy (non-hydrogen) atoms. The van der Waals surface area contributed by atoms with E-state index in [1.807, 2.05) is 0 Å². The van der Waals surface area contributed by atoms with Crippen molar-refractivity contribution >= 4 is 61.9 Å². The SMILES string of the molecule is CCc1ccc(N(C2=CC=C(c3ccc4c(c3)c3c(c5cc(C6=CC=C(N(C7=CCC(C8CCCCC8)C=C7)c7ccc(C(C)C)cc7)CC6)ccc54)=CCCC=3)CC2)c2ccc(C(C)C)cc2)cc1. The van der Waals surface area contributed by atoms with Crippen LogP contribution in [-0.2, 0) is 6.42 Å². The molecule has 0 aliphatic heterocycles. The van der Waals surface area contributed by atoms with Crippen molar-refractivity contribution in [2.45, 2.75) is 130 Å². The lowest BCUT2D eigenvalue weighted by atomic mass is 9.77. The zero-order valence-corrected chi connectivity index (χ0v) is 42.5. The quantitative estimate of drug-likeness (QED) is 0.113. The van der Waals surface area contributed by atoms with E-state index in [1.165, 1.54) is 137 Å². The smallest absolute Gasteiger partial charge is 0.0458 e. The summed E-state index contributed by atoms with van der Waals surface area (Å²) in [5.74, 6) is 2.55. The van der Waals surface area contributed by atoms with Gasteiger partial charge in [0.05, 0.1) is 0 Å². The van der Waals surface area contributed by atoms with E-state index in [0.717, 1.165) is 57.3 Å². The number of aryl methyl sites for hydroxylation is 1. The third-order valence-corrected chi connectivity index (χ3v) is 16.5. The van der Waals surface area contributed by atoms with Gasteiger partial charge in [0.15, 0.2) is 0 Å². The molecule has 11 rings (SSSR count). The lowest BCUT2D eigenvalue weighted by molar-refractivity contribution is 0.285. The van der Waals surface area contributed by atoms with Gasteiger partial charge in [-0.1, -0.05) is 151 Å². The second-order valence-electron chi connectivity index (χ2n) is 21.5. The molecule has 1 unspecified atom stereocenters. The van der Waals surface area contributed by atoms with E-state index in [1.54, 1.807) is 0 Å². The van der Waals surface area contributed by atoms with Crippen LogP contribution < -0.4 is 20.2 Å². The summed E-state index contributed by atoms with van der Waals surface area (Å²) in [5, 5.41) is 8.29. The first-order valence-corrected chi connectivity index (χ1v) is 27.1. The Bertz CT molecular complexity index is 3230. The van der Waals surface area contributed by atoms with Gasteiger partial charge in [-0.2, -0.15) is 0 Å². The average Bonchev–Trinajstić information content (AvgIpc) is 3.42. The van der Waals surface area contributed by atoms with Crippen molar-refractivity contribution in [2.24, 2.45) is 11.8 Å². The molecule has 2 nitrogen and oxygen atoms in total. The Kier molecular flexibility index (Phi) is 13.3. The molecule has 5 aliphatic carbocycles. The van der Waals surface area contributed by atoms with Crippen LogP contribution in [0.4, 0.5) is 17.1 Å². The Morgan fingerprint density at radius 1 is 0.500 bits per heavy atom. The highest BCUT2D eigenvalue weighted by molar-refractivity contribution is 6.09. The van der Waals surface area contributed by atoms with E-state index >= 15 is 0 Å². The highest BCUT2D eigenvalue weighted by Crippen LogP contribution is 2.41. The molecule has 0 aromatic heterocycles. The van der Waals surface area contributed by atoms with Gasteiger partial charge < -0.3 is 9.80 Å². The Labute approximate surface area is 418 Å². The fourth-order valence-electron chi connectivity index (χ4n) is 12.3. The normalized spacial score (nSPS) is 18.4. The molecule has 2 heteroatoms. The van der Waals surface area contributed by atoms with Crippen LogP contribution in [-0.4, -0.2) is 0 Å². The van der Waals surface area contributed by atoms with E-state index in [9.17, 15) is 0 Å². The zero-order chi connectivity index (χ0) is 47.7. The molecule has 0 radical (unpaired) electrons. The molecule has 6 aromatic rings. The molecule has 0 spiro atoms. The predicted molar refractivity (Wildman–Crippen MR) is 303 cm³/mol. The first-order valence-electron chi connectivity index (χ1n) is 27.1. The third-order valence-electron chi connectivity index (χ3n) is 16.5. The molecule has 5 aliphatic rings. The van der Waals surface area contributed by atoms with Crippen molar-refractivity contribution in [3.05, 3.63) is 207 Å². The summed E-state index contributed by atoms with van der Waals surface area (Å²) in [6.45, 7) is 11.3. The number of benzene rings is 6. The lowest BCUT2D eigenvalue weighted by Gasteiger charge is -2.34. The van der Waals surface area contributed by atoms with Gasteiger partial charge in [0.25, 0.3) is 0 Å². The van der Waals surface area contributed by atoms with Crippen LogP contribution in [0.3, 0.4) is 0 Å². The molecule has 6 aromatic carbocycles. The summed E-state index contributed by atoms with van der Waals surface area (Å²) in [4.78, 5) is 5.02. The summed E-state index contributed by atoms with van der Waals surface area (Å²) >= 11 is 0. The summed E-state index contributed by atoms with van der Waals surface area (Å²) in [6, 6.07) is 42.3. The van der Waals surface area contributed by atoms with Gasteiger partial charge in [0, 0.05) is 34.2 Å². The fraction of sp³-hybridized carbons (Fsp3) is 0.324. The van der Waals surface area contributed by atoms with Gasteiger partial charge in [-0.15, -0.1) is 0 Å². The van der Waals surface area contributed by atoms with Gasteiger partial charge in [0.1, 0.15) is 0 Å². The molecule has 1 fully saturated rings. The van der Waals surface area contributed by atoms with E-state index in [0.29, 0.717) is 17.8 Å². The molecule has 0 amide bonds. The van der Waals surface area contributed by atoms with Crippen molar-refractivity contribution in [3.8, 4) is 0 Å². The fourth-order valence-corrected chi connectivity index (χ4v) is 12.3. The average molecular weight is 917 g/mol. The lowest BCUT2D eigenvalue weighted by Crippen LogP contribution is -2.28. The molecule has 0 N–H and O–H groups in total. The first-order chi connectivity index (χ1) is 34.3. The van der Waals surface area contributed by atoms with Crippen LogP contribution in [0.15, 0.2) is 169 Å². The Hall–Kier alpha value is -6.38. The van der Waals surface area contributed by atoms with E-state index in [-0.39, 0.29) is 0 Å². The van der Waals surface area contributed by atoms with E-state index in [4.69, 9.17) is 0 Å². The second kappa shape index (κ2) is 20.2. The van der Waals surface area contributed by atoms with Gasteiger partial charge >= 0.3 is 0 Å². The van der Waals surface area contributed by atoms with Crippen molar-refractivity contribution in [1.29, 1.82) is 0 Å². The van der Waals surface area contributed by atoms with Gasteiger partial charge in [0.2, 0.25) is 0 Å². The maximum Gasteiger partial charge on any atom is 0.0458 e. The molecule has 0 heterocycles. The van der Waals surface area contributed by atoms with Gasteiger partial charge in [-0.3, -0.25) is 0 Å². The van der Waals surface area contributed by atoms with Crippen LogP contribution in [0.2, 0.25) is 0 Å². The molecule has 0 bridgehead atoms. The highest BCUT2D eigenvalue weighted by atomic mass is 15.2. The minimum absolute atomic E-state index is 0.507. The van der Waals surface area contributed by atoms with E-state index in [2.05, 4.69) is 208 Å².